The Balaban J connectivity index is 1.28. The molecule has 0 saturated carbocycles. The van der Waals surface area contributed by atoms with Gasteiger partial charge in [0, 0.05) is 21.4 Å². The molecule has 7 nitrogen and oxygen atoms in total. The summed E-state index contributed by atoms with van der Waals surface area (Å²) >= 11 is 5.94. The highest BCUT2D eigenvalue weighted by Gasteiger charge is 2.13. The molecule has 0 spiro atoms. The van der Waals surface area contributed by atoms with Gasteiger partial charge in [0.2, 0.25) is 0 Å². The van der Waals surface area contributed by atoms with Crippen molar-refractivity contribution in [1.82, 2.24) is 0 Å². The highest BCUT2D eigenvalue weighted by atomic mass is 35.5. The first-order chi connectivity index (χ1) is 19.9. The average Bonchev–Trinajstić information content (AvgIpc) is 2.99. The SMILES string of the molecule is C=C(C)C(=O)OCCCCCCOc1ccc(C(=O)Oc2ccc(N=Nc3ccc(Cl)cc3)c3ccccc23)cc1. The molecule has 0 fully saturated rings. The van der Waals surface area contributed by atoms with E-state index < -0.39 is 5.97 Å². The second kappa shape index (κ2) is 14.8. The summed E-state index contributed by atoms with van der Waals surface area (Å²) in [4.78, 5) is 24.3. The Morgan fingerprint density at radius 3 is 2.17 bits per heavy atom. The maximum Gasteiger partial charge on any atom is 0.343 e. The van der Waals surface area contributed by atoms with E-state index in [1.54, 1.807) is 67.6 Å². The molecule has 0 aromatic heterocycles. The van der Waals surface area contributed by atoms with E-state index in [4.69, 9.17) is 25.8 Å². The predicted octanol–water partition coefficient (Wildman–Crippen LogP) is 9.19. The quantitative estimate of drug-likeness (QED) is 0.0525. The van der Waals surface area contributed by atoms with Gasteiger partial charge in [-0.15, -0.1) is 5.11 Å². The Morgan fingerprint density at radius 2 is 1.46 bits per heavy atom. The molecule has 0 amide bonds. The molecule has 0 aliphatic heterocycles. The normalized spacial score (nSPS) is 11.0. The van der Waals surface area contributed by atoms with Gasteiger partial charge in [0.15, 0.2) is 0 Å². The van der Waals surface area contributed by atoms with Crippen molar-refractivity contribution < 1.29 is 23.8 Å². The van der Waals surface area contributed by atoms with Crippen molar-refractivity contribution >= 4 is 45.7 Å². The van der Waals surface area contributed by atoms with Gasteiger partial charge in [-0.25, -0.2) is 9.59 Å². The Labute approximate surface area is 244 Å². The third kappa shape index (κ3) is 8.75. The first kappa shape index (κ1) is 29.5. The minimum Gasteiger partial charge on any atom is -0.494 e. The van der Waals surface area contributed by atoms with Crippen molar-refractivity contribution in [1.29, 1.82) is 0 Å². The minimum absolute atomic E-state index is 0.347. The number of nitrogens with zero attached hydrogens (tertiary/aromatic N) is 2. The number of carbonyl (C=O) groups is 2. The third-order valence-electron chi connectivity index (χ3n) is 6.14. The van der Waals surface area contributed by atoms with E-state index in [0.717, 1.165) is 36.5 Å². The Hall–Kier alpha value is -4.49. The molecule has 4 aromatic carbocycles. The summed E-state index contributed by atoms with van der Waals surface area (Å²) in [5.41, 5.74) is 2.16. The fraction of sp³-hybridized carbons (Fsp3) is 0.212. The molecule has 4 aromatic rings. The van der Waals surface area contributed by atoms with Crippen LogP contribution in [0.15, 0.2) is 107 Å². The zero-order valence-electron chi connectivity index (χ0n) is 22.8. The predicted molar refractivity (Wildman–Crippen MR) is 161 cm³/mol. The lowest BCUT2D eigenvalue weighted by molar-refractivity contribution is -0.139. The number of benzene rings is 4. The standard InChI is InChI=1S/C33H31ClN2O5/c1-23(2)32(37)40-22-8-4-3-7-21-39-27-17-11-24(12-18-27)33(38)41-31-20-19-30(28-9-5-6-10-29(28)31)36-35-26-15-13-25(34)14-16-26/h5-6,9-20H,1,3-4,7-8,21-22H2,2H3. The topological polar surface area (TPSA) is 86.5 Å². The van der Waals surface area contributed by atoms with Crippen molar-refractivity contribution in [3.63, 3.8) is 0 Å². The van der Waals surface area contributed by atoms with E-state index in [-0.39, 0.29) is 5.97 Å². The van der Waals surface area contributed by atoms with E-state index in [0.29, 0.717) is 52.2 Å². The van der Waals surface area contributed by atoms with Crippen LogP contribution in [0.4, 0.5) is 11.4 Å². The van der Waals surface area contributed by atoms with Crippen LogP contribution >= 0.6 is 11.6 Å². The van der Waals surface area contributed by atoms with Crippen LogP contribution < -0.4 is 9.47 Å². The second-order valence-electron chi connectivity index (χ2n) is 9.40. The molecule has 0 N–H and O–H groups in total. The molecular weight excluding hydrogens is 540 g/mol. The van der Waals surface area contributed by atoms with E-state index in [2.05, 4.69) is 16.8 Å². The molecule has 0 aliphatic rings. The molecule has 8 heteroatoms. The lowest BCUT2D eigenvalue weighted by atomic mass is 10.1. The summed E-state index contributed by atoms with van der Waals surface area (Å²) in [7, 11) is 0. The maximum absolute atomic E-state index is 12.9. The van der Waals surface area contributed by atoms with Crippen LogP contribution in [0.3, 0.4) is 0 Å². The Morgan fingerprint density at radius 1 is 0.780 bits per heavy atom. The van der Waals surface area contributed by atoms with Crippen LogP contribution in [0.5, 0.6) is 11.5 Å². The molecule has 4 rings (SSSR count). The van der Waals surface area contributed by atoms with Crippen LogP contribution in [-0.2, 0) is 9.53 Å². The molecule has 210 valence electrons. The lowest BCUT2D eigenvalue weighted by Gasteiger charge is -2.10. The molecule has 0 aliphatic carbocycles. The number of hydrogen-bond donors (Lipinski definition) is 0. The molecule has 0 heterocycles. The fourth-order valence-electron chi connectivity index (χ4n) is 3.93. The molecule has 0 bridgehead atoms. The van der Waals surface area contributed by atoms with Gasteiger partial charge in [-0.3, -0.25) is 0 Å². The number of rotatable bonds is 13. The molecule has 0 atom stereocenters. The van der Waals surface area contributed by atoms with E-state index in [9.17, 15) is 9.59 Å². The van der Waals surface area contributed by atoms with E-state index in [1.165, 1.54) is 0 Å². The first-order valence-corrected chi connectivity index (χ1v) is 13.8. The summed E-state index contributed by atoms with van der Waals surface area (Å²) in [6.07, 6.45) is 3.59. The smallest absolute Gasteiger partial charge is 0.343 e. The highest BCUT2D eigenvalue weighted by Crippen LogP contribution is 2.34. The van der Waals surface area contributed by atoms with E-state index >= 15 is 0 Å². The van der Waals surface area contributed by atoms with Crippen molar-refractivity contribution in [2.24, 2.45) is 10.2 Å². The van der Waals surface area contributed by atoms with Crippen molar-refractivity contribution in [2.45, 2.75) is 32.6 Å². The number of ether oxygens (including phenoxy) is 3. The molecule has 0 unspecified atom stereocenters. The number of fused-ring (bicyclic) bond motifs is 1. The number of carbonyl (C=O) groups excluding carboxylic acids is 2. The summed E-state index contributed by atoms with van der Waals surface area (Å²) in [5, 5.41) is 10.9. The summed E-state index contributed by atoms with van der Waals surface area (Å²) in [6.45, 7) is 6.16. The molecule has 41 heavy (non-hydrogen) atoms. The van der Waals surface area contributed by atoms with Crippen LogP contribution in [-0.4, -0.2) is 25.2 Å². The molecule has 0 radical (unpaired) electrons. The molecule has 0 saturated heterocycles. The third-order valence-corrected chi connectivity index (χ3v) is 6.39. The van der Waals surface area contributed by atoms with Crippen molar-refractivity contribution in [3.05, 3.63) is 108 Å². The van der Waals surface area contributed by atoms with Crippen LogP contribution in [0, 0.1) is 0 Å². The minimum atomic E-state index is -0.468. The summed E-state index contributed by atoms with van der Waals surface area (Å²) < 4.78 is 16.6. The van der Waals surface area contributed by atoms with Gasteiger partial charge in [-0.1, -0.05) is 42.4 Å². The number of esters is 2. The van der Waals surface area contributed by atoms with Crippen LogP contribution in [0.1, 0.15) is 43.0 Å². The summed E-state index contributed by atoms with van der Waals surface area (Å²) in [6, 6.07) is 25.0. The van der Waals surface area contributed by atoms with Gasteiger partial charge in [0.1, 0.15) is 11.5 Å². The number of halogens is 1. The van der Waals surface area contributed by atoms with Crippen LogP contribution in [0.25, 0.3) is 10.8 Å². The van der Waals surface area contributed by atoms with Gasteiger partial charge in [0.05, 0.1) is 30.2 Å². The van der Waals surface area contributed by atoms with Gasteiger partial charge >= 0.3 is 11.9 Å². The largest absolute Gasteiger partial charge is 0.494 e. The van der Waals surface area contributed by atoms with Crippen molar-refractivity contribution in [2.75, 3.05) is 13.2 Å². The van der Waals surface area contributed by atoms with Gasteiger partial charge < -0.3 is 14.2 Å². The summed E-state index contributed by atoms with van der Waals surface area (Å²) in [5.74, 6) is 0.300. The maximum atomic E-state index is 12.9. The first-order valence-electron chi connectivity index (χ1n) is 13.4. The number of azo groups is 1. The lowest BCUT2D eigenvalue weighted by Crippen LogP contribution is -2.08. The fourth-order valence-corrected chi connectivity index (χ4v) is 4.06. The Kier molecular flexibility index (Phi) is 10.6. The van der Waals surface area contributed by atoms with Gasteiger partial charge in [-0.2, -0.15) is 5.11 Å². The second-order valence-corrected chi connectivity index (χ2v) is 9.83. The monoisotopic (exact) mass is 570 g/mol. The molecular formula is C33H31ClN2O5. The van der Waals surface area contributed by atoms with Gasteiger partial charge in [-0.05, 0) is 93.3 Å². The number of unbranched alkanes of at least 4 members (excludes halogenated alkanes) is 3. The average molecular weight is 571 g/mol. The zero-order valence-corrected chi connectivity index (χ0v) is 23.6. The Bertz CT molecular complexity index is 1530. The van der Waals surface area contributed by atoms with Gasteiger partial charge in [0.25, 0.3) is 0 Å². The van der Waals surface area contributed by atoms with Crippen LogP contribution in [0.2, 0.25) is 5.02 Å². The zero-order chi connectivity index (χ0) is 29.0. The van der Waals surface area contributed by atoms with E-state index in [1.807, 2.05) is 24.3 Å². The highest BCUT2D eigenvalue weighted by molar-refractivity contribution is 6.30. The number of hydrogen-bond acceptors (Lipinski definition) is 7. The van der Waals surface area contributed by atoms with Crippen molar-refractivity contribution in [3.8, 4) is 11.5 Å².